The number of carbonyl (C=O) groups excluding carboxylic acids is 1. The standard InChI is InChI=1S/C13H18OS/c14-11-5-3-8-12(6-1-2-7-12)13(11)9-4-10-15-13/h3,5H,1-2,4,6-10H2/t13-/m1/s1. The Bertz CT molecular complexity index is 306. The summed E-state index contributed by atoms with van der Waals surface area (Å²) in [6, 6.07) is 0. The SMILES string of the molecule is O=C1C=CCC2(CCCC2)[C@@]12CCCS2. The Balaban J connectivity index is 2.05. The third kappa shape index (κ3) is 1.20. The Morgan fingerprint density at radius 2 is 1.93 bits per heavy atom. The average molecular weight is 222 g/mol. The van der Waals surface area contributed by atoms with Crippen molar-refractivity contribution in [2.24, 2.45) is 5.41 Å². The molecule has 3 rings (SSSR count). The van der Waals surface area contributed by atoms with Crippen LogP contribution in [-0.2, 0) is 4.79 Å². The minimum atomic E-state index is -0.00174. The number of hydrogen-bond acceptors (Lipinski definition) is 2. The van der Waals surface area contributed by atoms with E-state index in [4.69, 9.17) is 0 Å². The summed E-state index contributed by atoms with van der Waals surface area (Å²) in [6.07, 6.45) is 12.8. The number of fused-ring (bicyclic) bond motifs is 1. The van der Waals surface area contributed by atoms with Gasteiger partial charge < -0.3 is 0 Å². The van der Waals surface area contributed by atoms with Crippen LogP contribution in [0, 0.1) is 5.41 Å². The summed E-state index contributed by atoms with van der Waals surface area (Å²) in [7, 11) is 0. The van der Waals surface area contributed by atoms with Crippen LogP contribution in [0.25, 0.3) is 0 Å². The van der Waals surface area contributed by atoms with Crippen LogP contribution in [0.2, 0.25) is 0 Å². The van der Waals surface area contributed by atoms with E-state index in [-0.39, 0.29) is 4.75 Å². The molecule has 3 aliphatic rings. The summed E-state index contributed by atoms with van der Waals surface area (Å²) in [5.74, 6) is 1.62. The first kappa shape index (κ1) is 9.95. The van der Waals surface area contributed by atoms with Gasteiger partial charge in [0.1, 0.15) is 0 Å². The predicted octanol–water partition coefficient (Wildman–Crippen LogP) is 3.34. The van der Waals surface area contributed by atoms with Crippen LogP contribution >= 0.6 is 11.8 Å². The zero-order valence-corrected chi connectivity index (χ0v) is 9.94. The van der Waals surface area contributed by atoms with Crippen molar-refractivity contribution < 1.29 is 4.79 Å². The molecule has 2 fully saturated rings. The maximum Gasteiger partial charge on any atom is 0.171 e. The average Bonchev–Trinajstić information content (AvgIpc) is 2.84. The molecule has 82 valence electrons. The molecule has 0 aromatic carbocycles. The van der Waals surface area contributed by atoms with Crippen LogP contribution in [0.5, 0.6) is 0 Å². The van der Waals surface area contributed by atoms with Gasteiger partial charge in [0.2, 0.25) is 0 Å². The van der Waals surface area contributed by atoms with E-state index in [9.17, 15) is 4.79 Å². The van der Waals surface area contributed by atoms with Crippen LogP contribution in [0.15, 0.2) is 12.2 Å². The molecule has 15 heavy (non-hydrogen) atoms. The highest BCUT2D eigenvalue weighted by atomic mass is 32.2. The molecule has 1 nitrogen and oxygen atoms in total. The second kappa shape index (κ2) is 3.38. The summed E-state index contributed by atoms with van der Waals surface area (Å²) in [6.45, 7) is 0. The number of rotatable bonds is 0. The van der Waals surface area contributed by atoms with Crippen LogP contribution < -0.4 is 0 Å². The van der Waals surface area contributed by atoms with E-state index in [1.165, 1.54) is 37.9 Å². The van der Waals surface area contributed by atoms with Crippen molar-refractivity contribution in [3.05, 3.63) is 12.2 Å². The summed E-state index contributed by atoms with van der Waals surface area (Å²) in [5, 5.41) is 0. The molecular formula is C13H18OS. The zero-order chi connectivity index (χ0) is 10.4. The van der Waals surface area contributed by atoms with Crippen molar-refractivity contribution >= 4 is 17.5 Å². The summed E-state index contributed by atoms with van der Waals surface area (Å²) in [5.41, 5.74) is 0.347. The maximum atomic E-state index is 12.3. The zero-order valence-electron chi connectivity index (χ0n) is 9.13. The number of carbonyl (C=O) groups is 1. The second-order valence-corrected chi connectivity index (χ2v) is 6.63. The highest BCUT2D eigenvalue weighted by Gasteiger charge is 2.58. The molecule has 2 aliphatic carbocycles. The van der Waals surface area contributed by atoms with E-state index >= 15 is 0 Å². The van der Waals surface area contributed by atoms with Crippen molar-refractivity contribution in [3.8, 4) is 0 Å². The number of thioether (sulfide) groups is 1. The summed E-state index contributed by atoms with van der Waals surface area (Å²) in [4.78, 5) is 12.3. The smallest absolute Gasteiger partial charge is 0.171 e. The van der Waals surface area contributed by atoms with Crippen LogP contribution in [0.3, 0.4) is 0 Å². The Kier molecular flexibility index (Phi) is 2.24. The minimum Gasteiger partial charge on any atom is -0.293 e. The summed E-state index contributed by atoms with van der Waals surface area (Å²) < 4.78 is -0.00174. The first-order chi connectivity index (χ1) is 7.29. The van der Waals surface area contributed by atoms with Gasteiger partial charge in [-0.25, -0.2) is 0 Å². The van der Waals surface area contributed by atoms with E-state index in [1.54, 1.807) is 0 Å². The number of allylic oxidation sites excluding steroid dienone is 2. The van der Waals surface area contributed by atoms with Crippen LogP contribution in [0.4, 0.5) is 0 Å². The fourth-order valence-electron chi connectivity index (χ4n) is 3.86. The minimum absolute atomic E-state index is 0.00174. The number of ketones is 1. The second-order valence-electron chi connectivity index (χ2n) is 5.24. The predicted molar refractivity (Wildman–Crippen MR) is 64.1 cm³/mol. The van der Waals surface area contributed by atoms with Gasteiger partial charge in [-0.2, -0.15) is 0 Å². The van der Waals surface area contributed by atoms with Gasteiger partial charge >= 0.3 is 0 Å². The molecule has 0 amide bonds. The van der Waals surface area contributed by atoms with Crippen LogP contribution in [0.1, 0.15) is 44.9 Å². The fraction of sp³-hybridized carbons (Fsp3) is 0.769. The van der Waals surface area contributed by atoms with Gasteiger partial charge in [-0.3, -0.25) is 4.79 Å². The third-order valence-electron chi connectivity index (χ3n) is 4.61. The van der Waals surface area contributed by atoms with E-state index in [0.29, 0.717) is 11.2 Å². The molecule has 0 bridgehead atoms. The molecule has 1 heterocycles. The van der Waals surface area contributed by atoms with E-state index < -0.39 is 0 Å². The molecule has 2 spiro atoms. The first-order valence-electron chi connectivity index (χ1n) is 6.14. The molecule has 0 radical (unpaired) electrons. The van der Waals surface area contributed by atoms with E-state index in [1.807, 2.05) is 17.8 Å². The molecule has 0 N–H and O–H groups in total. The normalized spacial score (nSPS) is 38.3. The van der Waals surface area contributed by atoms with Crippen LogP contribution in [-0.4, -0.2) is 16.3 Å². The lowest BCUT2D eigenvalue weighted by atomic mass is 9.65. The molecule has 0 unspecified atom stereocenters. The molecule has 1 atom stereocenters. The highest BCUT2D eigenvalue weighted by molar-refractivity contribution is 8.01. The van der Waals surface area contributed by atoms with Gasteiger partial charge in [-0.05, 0) is 49.3 Å². The monoisotopic (exact) mass is 222 g/mol. The number of hydrogen-bond donors (Lipinski definition) is 0. The van der Waals surface area contributed by atoms with Crippen molar-refractivity contribution in [3.63, 3.8) is 0 Å². The quantitative estimate of drug-likeness (QED) is 0.625. The molecular weight excluding hydrogens is 204 g/mol. The van der Waals surface area contributed by atoms with Gasteiger partial charge in [0, 0.05) is 0 Å². The van der Waals surface area contributed by atoms with Gasteiger partial charge in [-0.15, -0.1) is 11.8 Å². The van der Waals surface area contributed by atoms with Gasteiger partial charge in [0.15, 0.2) is 5.78 Å². The lowest BCUT2D eigenvalue weighted by molar-refractivity contribution is -0.120. The largest absolute Gasteiger partial charge is 0.293 e. The van der Waals surface area contributed by atoms with Crippen molar-refractivity contribution in [1.29, 1.82) is 0 Å². The van der Waals surface area contributed by atoms with Gasteiger partial charge in [-0.1, -0.05) is 18.9 Å². The van der Waals surface area contributed by atoms with Crippen molar-refractivity contribution in [1.82, 2.24) is 0 Å². The molecule has 0 aromatic heterocycles. The Labute approximate surface area is 95.7 Å². The first-order valence-corrected chi connectivity index (χ1v) is 7.13. The maximum absolute atomic E-state index is 12.3. The molecule has 1 aliphatic heterocycles. The van der Waals surface area contributed by atoms with E-state index in [2.05, 4.69) is 6.08 Å². The Morgan fingerprint density at radius 1 is 1.13 bits per heavy atom. The molecule has 1 saturated carbocycles. The lowest BCUT2D eigenvalue weighted by Crippen LogP contribution is -2.49. The molecule has 1 saturated heterocycles. The van der Waals surface area contributed by atoms with Crippen molar-refractivity contribution in [2.45, 2.75) is 49.7 Å². The highest BCUT2D eigenvalue weighted by Crippen LogP contribution is 2.61. The molecule has 2 heteroatoms. The van der Waals surface area contributed by atoms with Gasteiger partial charge in [0.25, 0.3) is 0 Å². The van der Waals surface area contributed by atoms with Crippen molar-refractivity contribution in [2.75, 3.05) is 5.75 Å². The third-order valence-corrected chi connectivity index (χ3v) is 6.44. The lowest BCUT2D eigenvalue weighted by Gasteiger charge is -2.46. The topological polar surface area (TPSA) is 17.1 Å². The Hall–Kier alpha value is -0.240. The fourth-order valence-corrected chi connectivity index (χ4v) is 5.59. The Morgan fingerprint density at radius 3 is 2.60 bits per heavy atom. The van der Waals surface area contributed by atoms with E-state index in [0.717, 1.165) is 12.8 Å². The summed E-state index contributed by atoms with van der Waals surface area (Å²) >= 11 is 1.97. The molecule has 0 aromatic rings. The van der Waals surface area contributed by atoms with Gasteiger partial charge in [0.05, 0.1) is 4.75 Å².